The number of benzene rings is 3. The van der Waals surface area contributed by atoms with Crippen molar-refractivity contribution in [2.75, 3.05) is 13.2 Å². The summed E-state index contributed by atoms with van der Waals surface area (Å²) in [6.45, 7) is 6.94. The highest BCUT2D eigenvalue weighted by Gasteiger charge is 2.19. The Morgan fingerprint density at radius 1 is 0.829 bits per heavy atom. The molecule has 0 aliphatic heterocycles. The second-order valence-electron chi connectivity index (χ2n) is 8.95. The summed E-state index contributed by atoms with van der Waals surface area (Å²) in [5.74, 6) is 1.15. The maximum absolute atomic E-state index is 11.0. The molecule has 0 saturated heterocycles. The molecular weight excluding hydrogens is 436 g/mol. The minimum Gasteiger partial charge on any atom is -0.493 e. The van der Waals surface area contributed by atoms with Crippen LogP contribution < -0.4 is 9.47 Å². The van der Waals surface area contributed by atoms with Crippen LogP contribution in [-0.2, 0) is 29.0 Å². The van der Waals surface area contributed by atoms with Crippen LogP contribution in [0.15, 0.2) is 73.3 Å². The fraction of sp³-hybridized carbons (Fsp3) is 0.323. The van der Waals surface area contributed by atoms with Crippen molar-refractivity contribution < 1.29 is 19.0 Å². The molecule has 0 heterocycles. The van der Waals surface area contributed by atoms with Crippen LogP contribution in [0.2, 0.25) is 0 Å². The molecule has 182 valence electrons. The van der Waals surface area contributed by atoms with Crippen LogP contribution in [-0.4, -0.2) is 19.2 Å². The first-order valence-corrected chi connectivity index (χ1v) is 12.5. The van der Waals surface area contributed by atoms with Crippen molar-refractivity contribution in [3.8, 4) is 22.6 Å². The van der Waals surface area contributed by atoms with E-state index in [0.717, 1.165) is 24.0 Å². The van der Waals surface area contributed by atoms with Crippen LogP contribution >= 0.6 is 0 Å². The minimum absolute atomic E-state index is 0.317. The van der Waals surface area contributed by atoms with E-state index in [-0.39, 0.29) is 0 Å². The normalized spacial score (nSPS) is 11.5. The molecular formula is C31H34O4. The van der Waals surface area contributed by atoms with Gasteiger partial charge in [0, 0.05) is 12.5 Å². The van der Waals surface area contributed by atoms with E-state index in [1.165, 1.54) is 59.1 Å². The molecule has 0 radical (unpaired) electrons. The van der Waals surface area contributed by atoms with Crippen molar-refractivity contribution >= 4 is 5.97 Å². The van der Waals surface area contributed by atoms with Crippen molar-refractivity contribution in [1.82, 2.24) is 0 Å². The number of fused-ring (bicyclic) bond motifs is 3. The molecule has 0 N–H and O–H groups in total. The van der Waals surface area contributed by atoms with Gasteiger partial charge in [-0.25, -0.2) is 4.79 Å². The first-order valence-electron chi connectivity index (χ1n) is 12.5. The largest absolute Gasteiger partial charge is 0.493 e. The molecule has 4 rings (SSSR count). The average Bonchev–Trinajstić information content (AvgIpc) is 3.25. The van der Waals surface area contributed by atoms with E-state index >= 15 is 0 Å². The van der Waals surface area contributed by atoms with Crippen molar-refractivity contribution in [3.05, 3.63) is 95.6 Å². The Labute approximate surface area is 208 Å². The van der Waals surface area contributed by atoms with Crippen LogP contribution in [0, 0.1) is 0 Å². The van der Waals surface area contributed by atoms with Gasteiger partial charge in [0.2, 0.25) is 0 Å². The van der Waals surface area contributed by atoms with Gasteiger partial charge in [0.05, 0.1) is 13.2 Å². The Balaban J connectivity index is 1.26. The number of hydrogen-bond acceptors (Lipinski definition) is 4. The Kier molecular flexibility index (Phi) is 8.61. The van der Waals surface area contributed by atoms with Gasteiger partial charge in [-0.05, 0) is 76.9 Å². The zero-order valence-electron chi connectivity index (χ0n) is 20.6. The molecule has 0 fully saturated rings. The molecule has 0 spiro atoms. The molecule has 0 bridgehead atoms. The van der Waals surface area contributed by atoms with Gasteiger partial charge in [-0.2, -0.15) is 0 Å². The number of rotatable bonds is 13. The summed E-state index contributed by atoms with van der Waals surface area (Å²) in [7, 11) is 0. The third-order valence-electron chi connectivity index (χ3n) is 6.28. The summed E-state index contributed by atoms with van der Waals surface area (Å²) >= 11 is 0. The second kappa shape index (κ2) is 12.3. The lowest BCUT2D eigenvalue weighted by molar-refractivity contribution is -0.137. The van der Waals surface area contributed by atoms with Crippen molar-refractivity contribution in [2.24, 2.45) is 0 Å². The third-order valence-corrected chi connectivity index (χ3v) is 6.28. The molecule has 0 atom stereocenters. The fourth-order valence-electron chi connectivity index (χ4n) is 4.42. The smallest absolute Gasteiger partial charge is 0.330 e. The summed E-state index contributed by atoms with van der Waals surface area (Å²) in [6, 6.07) is 21.3. The van der Waals surface area contributed by atoms with Crippen molar-refractivity contribution in [2.45, 2.75) is 52.1 Å². The fourth-order valence-corrected chi connectivity index (χ4v) is 4.42. The van der Waals surface area contributed by atoms with Crippen LogP contribution in [0.3, 0.4) is 0 Å². The predicted molar refractivity (Wildman–Crippen MR) is 140 cm³/mol. The molecule has 1 aliphatic carbocycles. The SMILES string of the molecule is C=CC(=O)OCCCOc1ccc(OCc2ccc3c(c2)Cc2cc(CCCCC)ccc2-3)cc1. The van der Waals surface area contributed by atoms with Gasteiger partial charge in [0.25, 0.3) is 0 Å². The topological polar surface area (TPSA) is 44.8 Å². The lowest BCUT2D eigenvalue weighted by Gasteiger charge is -2.10. The summed E-state index contributed by atoms with van der Waals surface area (Å²) in [4.78, 5) is 11.0. The monoisotopic (exact) mass is 470 g/mol. The molecule has 0 amide bonds. The average molecular weight is 471 g/mol. The van der Waals surface area contributed by atoms with Gasteiger partial charge >= 0.3 is 5.97 Å². The van der Waals surface area contributed by atoms with Gasteiger partial charge in [-0.15, -0.1) is 0 Å². The van der Waals surface area contributed by atoms with E-state index in [1.54, 1.807) is 0 Å². The molecule has 1 aliphatic rings. The van der Waals surface area contributed by atoms with Gasteiger partial charge in [-0.3, -0.25) is 0 Å². The van der Waals surface area contributed by atoms with E-state index in [0.29, 0.717) is 26.2 Å². The summed E-state index contributed by atoms with van der Waals surface area (Å²) < 4.78 is 16.6. The molecule has 3 aromatic carbocycles. The van der Waals surface area contributed by atoms with E-state index in [9.17, 15) is 4.79 Å². The van der Waals surface area contributed by atoms with Gasteiger partial charge in [0.15, 0.2) is 0 Å². The minimum atomic E-state index is -0.411. The summed E-state index contributed by atoms with van der Waals surface area (Å²) in [5.41, 5.74) is 8.19. The maximum atomic E-state index is 11.0. The summed E-state index contributed by atoms with van der Waals surface area (Å²) in [6.07, 6.45) is 7.78. The third kappa shape index (κ3) is 6.75. The number of unbranched alkanes of at least 4 members (excludes halogenated alkanes) is 2. The molecule has 0 aromatic heterocycles. The van der Waals surface area contributed by atoms with E-state index < -0.39 is 5.97 Å². The van der Waals surface area contributed by atoms with Crippen LogP contribution in [0.1, 0.15) is 54.9 Å². The van der Waals surface area contributed by atoms with Crippen LogP contribution in [0.4, 0.5) is 0 Å². The molecule has 4 nitrogen and oxygen atoms in total. The number of esters is 1. The summed E-state index contributed by atoms with van der Waals surface area (Å²) in [5, 5.41) is 0. The van der Waals surface area contributed by atoms with Crippen molar-refractivity contribution in [3.63, 3.8) is 0 Å². The number of aryl methyl sites for hydroxylation is 1. The lowest BCUT2D eigenvalue weighted by Crippen LogP contribution is -2.06. The lowest BCUT2D eigenvalue weighted by atomic mass is 10.00. The van der Waals surface area contributed by atoms with Gasteiger partial charge < -0.3 is 14.2 Å². The zero-order chi connectivity index (χ0) is 24.5. The highest BCUT2D eigenvalue weighted by molar-refractivity contribution is 5.81. The molecule has 0 unspecified atom stereocenters. The van der Waals surface area contributed by atoms with Crippen LogP contribution in [0.25, 0.3) is 11.1 Å². The first kappa shape index (κ1) is 24.6. The standard InChI is InChI=1S/C31H34O4/c1-3-5-6-8-23-9-15-29-25(19-23)21-26-20-24(10-16-30(26)29)22-35-28-13-11-27(12-14-28)33-17-7-18-34-31(32)4-2/h4,9-16,19-20H,2-3,5-8,17-18,21-22H2,1H3. The molecule has 0 saturated carbocycles. The highest BCUT2D eigenvalue weighted by atomic mass is 16.5. The first-order chi connectivity index (χ1) is 17.2. The predicted octanol–water partition coefficient (Wildman–Crippen LogP) is 7.07. The molecule has 4 heteroatoms. The van der Waals surface area contributed by atoms with E-state index in [1.807, 2.05) is 24.3 Å². The quantitative estimate of drug-likeness (QED) is 0.119. The Bertz CT molecular complexity index is 1150. The Morgan fingerprint density at radius 3 is 2.17 bits per heavy atom. The zero-order valence-corrected chi connectivity index (χ0v) is 20.6. The highest BCUT2D eigenvalue weighted by Crippen LogP contribution is 2.37. The maximum Gasteiger partial charge on any atom is 0.330 e. The van der Waals surface area contributed by atoms with Gasteiger partial charge in [0.1, 0.15) is 18.1 Å². The Hall–Kier alpha value is -3.53. The number of hydrogen-bond donors (Lipinski definition) is 0. The Morgan fingerprint density at radius 2 is 1.49 bits per heavy atom. The van der Waals surface area contributed by atoms with E-state index in [4.69, 9.17) is 14.2 Å². The van der Waals surface area contributed by atoms with Crippen LogP contribution in [0.5, 0.6) is 11.5 Å². The number of carbonyl (C=O) groups excluding carboxylic acids is 1. The molecule has 3 aromatic rings. The number of carbonyl (C=O) groups is 1. The molecule has 35 heavy (non-hydrogen) atoms. The second-order valence-corrected chi connectivity index (χ2v) is 8.95. The van der Waals surface area contributed by atoms with Crippen molar-refractivity contribution in [1.29, 1.82) is 0 Å². The van der Waals surface area contributed by atoms with E-state index in [2.05, 4.69) is 49.9 Å². The van der Waals surface area contributed by atoms with Gasteiger partial charge in [-0.1, -0.05) is 62.7 Å². The number of ether oxygens (including phenoxy) is 3.